The Hall–Kier alpha value is -4.23. The Morgan fingerprint density at radius 1 is 0.824 bits per heavy atom. The number of nitrogens with zero attached hydrogens (tertiary/aromatic N) is 7. The number of pyridine rings is 2. The van der Waals surface area contributed by atoms with Crippen molar-refractivity contribution in [1.82, 2.24) is 34.6 Å². The molecule has 1 aromatic carbocycles. The second-order valence-corrected chi connectivity index (χ2v) is 8.39. The van der Waals surface area contributed by atoms with E-state index in [-0.39, 0.29) is 0 Å². The van der Waals surface area contributed by atoms with Crippen molar-refractivity contribution < 1.29 is 0 Å². The molecule has 0 amide bonds. The first-order chi connectivity index (χ1) is 16.8. The molecule has 0 N–H and O–H groups in total. The van der Waals surface area contributed by atoms with Crippen LogP contribution in [0.1, 0.15) is 16.8 Å². The fourth-order valence-electron chi connectivity index (χ4n) is 4.38. The van der Waals surface area contributed by atoms with E-state index in [0.717, 1.165) is 60.1 Å². The summed E-state index contributed by atoms with van der Waals surface area (Å²) >= 11 is 0. The SMILES string of the molecule is c1ccc(-n2cc(CN3CCc4nc(-c5cccnc5)ncc4C3)c(-c3ccncc3)n2)cc1. The van der Waals surface area contributed by atoms with Gasteiger partial charge in [-0.25, -0.2) is 14.6 Å². The Morgan fingerprint density at radius 2 is 1.71 bits per heavy atom. The summed E-state index contributed by atoms with van der Waals surface area (Å²) < 4.78 is 1.96. The van der Waals surface area contributed by atoms with Crippen LogP contribution in [-0.4, -0.2) is 41.2 Å². The number of rotatable bonds is 5. The lowest BCUT2D eigenvalue weighted by Crippen LogP contribution is -2.31. The van der Waals surface area contributed by atoms with Gasteiger partial charge in [0.25, 0.3) is 0 Å². The number of aromatic nitrogens is 6. The van der Waals surface area contributed by atoms with Gasteiger partial charge < -0.3 is 0 Å². The largest absolute Gasteiger partial charge is 0.294 e. The average molecular weight is 446 g/mol. The van der Waals surface area contributed by atoms with Crippen molar-refractivity contribution in [1.29, 1.82) is 0 Å². The summed E-state index contributed by atoms with van der Waals surface area (Å²) in [6.45, 7) is 2.55. The normalized spacial score (nSPS) is 13.5. The van der Waals surface area contributed by atoms with Gasteiger partial charge in [-0.15, -0.1) is 0 Å². The Bertz CT molecular complexity index is 1400. The molecule has 5 heterocycles. The van der Waals surface area contributed by atoms with Gasteiger partial charge in [0, 0.05) is 85.5 Å². The molecule has 0 unspecified atom stereocenters. The van der Waals surface area contributed by atoms with Crippen molar-refractivity contribution >= 4 is 0 Å². The van der Waals surface area contributed by atoms with E-state index in [1.807, 2.05) is 71.9 Å². The zero-order valence-corrected chi connectivity index (χ0v) is 18.6. The summed E-state index contributed by atoms with van der Waals surface area (Å²) in [5, 5.41) is 4.94. The minimum atomic E-state index is 0.740. The van der Waals surface area contributed by atoms with E-state index < -0.39 is 0 Å². The molecule has 4 aromatic heterocycles. The molecule has 7 nitrogen and oxygen atoms in total. The Labute approximate surface area is 197 Å². The van der Waals surface area contributed by atoms with Gasteiger partial charge in [0.2, 0.25) is 0 Å². The highest BCUT2D eigenvalue weighted by Crippen LogP contribution is 2.27. The Balaban J connectivity index is 1.28. The van der Waals surface area contributed by atoms with E-state index in [1.54, 1.807) is 6.20 Å². The van der Waals surface area contributed by atoms with Crippen LogP contribution in [0, 0.1) is 0 Å². The van der Waals surface area contributed by atoms with E-state index in [1.165, 1.54) is 11.1 Å². The van der Waals surface area contributed by atoms with Crippen molar-refractivity contribution in [2.75, 3.05) is 6.54 Å². The molecule has 0 radical (unpaired) electrons. The van der Waals surface area contributed by atoms with Crippen LogP contribution < -0.4 is 0 Å². The molecule has 34 heavy (non-hydrogen) atoms. The van der Waals surface area contributed by atoms with E-state index in [9.17, 15) is 0 Å². The molecule has 5 aromatic rings. The van der Waals surface area contributed by atoms with Crippen LogP contribution in [0.15, 0.2) is 91.8 Å². The molecular weight excluding hydrogens is 422 g/mol. The molecular formula is C27H23N7. The van der Waals surface area contributed by atoms with E-state index >= 15 is 0 Å². The number of fused-ring (bicyclic) bond motifs is 1. The summed E-state index contributed by atoms with van der Waals surface area (Å²) in [6.07, 6.45) is 12.2. The van der Waals surface area contributed by atoms with Crippen LogP contribution in [0.3, 0.4) is 0 Å². The Morgan fingerprint density at radius 3 is 2.53 bits per heavy atom. The predicted molar refractivity (Wildman–Crippen MR) is 130 cm³/mol. The molecule has 1 aliphatic rings. The van der Waals surface area contributed by atoms with Crippen LogP contribution in [0.25, 0.3) is 28.3 Å². The molecule has 166 valence electrons. The lowest BCUT2D eigenvalue weighted by molar-refractivity contribution is 0.243. The smallest absolute Gasteiger partial charge is 0.160 e. The quantitative estimate of drug-likeness (QED) is 0.401. The van der Waals surface area contributed by atoms with Crippen LogP contribution in [0.5, 0.6) is 0 Å². The maximum absolute atomic E-state index is 4.94. The van der Waals surface area contributed by atoms with Gasteiger partial charge >= 0.3 is 0 Å². The van der Waals surface area contributed by atoms with E-state index in [4.69, 9.17) is 10.1 Å². The third kappa shape index (κ3) is 4.09. The summed E-state index contributed by atoms with van der Waals surface area (Å²) in [7, 11) is 0. The van der Waals surface area contributed by atoms with E-state index in [0.29, 0.717) is 0 Å². The molecule has 1 aliphatic heterocycles. The van der Waals surface area contributed by atoms with Gasteiger partial charge in [-0.1, -0.05) is 18.2 Å². The maximum atomic E-state index is 4.94. The molecule has 6 rings (SSSR count). The van der Waals surface area contributed by atoms with Gasteiger partial charge in [0.1, 0.15) is 0 Å². The summed E-state index contributed by atoms with van der Waals surface area (Å²) in [4.78, 5) is 20.2. The standard InChI is InChI=1S/C27H23N7/c1-2-6-24(7-3-1)34-19-23(26(32-34)20-8-12-28-13-9-20)18-33-14-10-25-22(17-33)16-30-27(31-25)21-5-4-11-29-15-21/h1-9,11-13,15-16,19H,10,14,17-18H2. The molecule has 0 bridgehead atoms. The summed E-state index contributed by atoms with van der Waals surface area (Å²) in [5.74, 6) is 0.740. The number of hydrogen-bond donors (Lipinski definition) is 0. The van der Waals surface area contributed by atoms with Crippen molar-refractivity contribution in [3.05, 3.63) is 109 Å². The van der Waals surface area contributed by atoms with Gasteiger partial charge in [-0.2, -0.15) is 5.10 Å². The molecule has 7 heteroatoms. The second kappa shape index (κ2) is 8.96. The van der Waals surface area contributed by atoms with Gasteiger partial charge in [0.15, 0.2) is 5.82 Å². The third-order valence-corrected chi connectivity index (χ3v) is 6.09. The molecule has 0 atom stereocenters. The second-order valence-electron chi connectivity index (χ2n) is 8.39. The molecule has 0 aliphatic carbocycles. The molecule has 0 spiro atoms. The van der Waals surface area contributed by atoms with Crippen molar-refractivity contribution in [3.8, 4) is 28.3 Å². The van der Waals surface area contributed by atoms with Crippen molar-refractivity contribution in [2.24, 2.45) is 0 Å². The van der Waals surface area contributed by atoms with Gasteiger partial charge in [-0.3, -0.25) is 14.9 Å². The fourth-order valence-corrected chi connectivity index (χ4v) is 4.38. The predicted octanol–water partition coefficient (Wildman–Crippen LogP) is 4.34. The van der Waals surface area contributed by atoms with Crippen LogP contribution in [0.2, 0.25) is 0 Å². The maximum Gasteiger partial charge on any atom is 0.160 e. The number of benzene rings is 1. The lowest BCUT2D eigenvalue weighted by Gasteiger charge is -2.28. The highest BCUT2D eigenvalue weighted by molar-refractivity contribution is 5.62. The average Bonchev–Trinajstić information content (AvgIpc) is 3.33. The van der Waals surface area contributed by atoms with Crippen molar-refractivity contribution in [2.45, 2.75) is 19.5 Å². The lowest BCUT2D eigenvalue weighted by atomic mass is 10.0. The molecule has 0 fully saturated rings. The Kier molecular flexibility index (Phi) is 5.37. The summed E-state index contributed by atoms with van der Waals surface area (Å²) in [6, 6.07) is 18.2. The van der Waals surface area contributed by atoms with Crippen LogP contribution in [-0.2, 0) is 19.5 Å². The fraction of sp³-hybridized carbons (Fsp3) is 0.148. The third-order valence-electron chi connectivity index (χ3n) is 6.09. The van der Waals surface area contributed by atoms with Crippen molar-refractivity contribution in [3.63, 3.8) is 0 Å². The zero-order chi connectivity index (χ0) is 22.7. The van der Waals surface area contributed by atoms with Gasteiger partial charge in [-0.05, 0) is 36.4 Å². The summed E-state index contributed by atoms with van der Waals surface area (Å²) in [5.41, 5.74) is 7.54. The van der Waals surface area contributed by atoms with Crippen LogP contribution >= 0.6 is 0 Å². The number of hydrogen-bond acceptors (Lipinski definition) is 6. The zero-order valence-electron chi connectivity index (χ0n) is 18.6. The topological polar surface area (TPSA) is 72.6 Å². The minimum Gasteiger partial charge on any atom is -0.294 e. The highest BCUT2D eigenvalue weighted by Gasteiger charge is 2.22. The van der Waals surface area contributed by atoms with E-state index in [2.05, 4.69) is 38.2 Å². The highest BCUT2D eigenvalue weighted by atomic mass is 15.3. The van der Waals surface area contributed by atoms with Crippen LogP contribution in [0.4, 0.5) is 0 Å². The number of para-hydroxylation sites is 1. The first-order valence-electron chi connectivity index (χ1n) is 11.4. The monoisotopic (exact) mass is 445 g/mol. The van der Waals surface area contributed by atoms with Gasteiger partial charge in [0.05, 0.1) is 17.1 Å². The minimum absolute atomic E-state index is 0.740. The first kappa shape index (κ1) is 20.4. The first-order valence-corrected chi connectivity index (χ1v) is 11.4. The molecule has 0 saturated carbocycles. The molecule has 0 saturated heterocycles.